The van der Waals surface area contributed by atoms with Crippen LogP contribution in [0.5, 0.6) is 0 Å². The molecule has 0 aliphatic rings. The van der Waals surface area contributed by atoms with E-state index >= 15 is 0 Å². The molecule has 6 heteroatoms. The molecule has 2 aromatic heterocycles. The number of para-hydroxylation sites is 1. The normalized spacial score (nSPS) is 10.9. The average molecular weight is 377 g/mol. The Kier molecular flexibility index (Phi) is 4.41. The van der Waals surface area contributed by atoms with E-state index in [1.54, 1.807) is 18.2 Å². The molecule has 1 N–H and O–H groups in total. The second-order valence-corrected chi connectivity index (χ2v) is 7.42. The Morgan fingerprint density at radius 2 is 1.78 bits per heavy atom. The van der Waals surface area contributed by atoms with Crippen LogP contribution in [0.2, 0.25) is 0 Å². The van der Waals surface area contributed by atoms with Gasteiger partial charge in [-0.1, -0.05) is 18.2 Å². The summed E-state index contributed by atoms with van der Waals surface area (Å²) >= 11 is 1.39. The van der Waals surface area contributed by atoms with Crippen molar-refractivity contribution >= 4 is 33.3 Å². The van der Waals surface area contributed by atoms with Crippen LogP contribution in [0.1, 0.15) is 20.9 Å². The lowest BCUT2D eigenvalue weighted by atomic mass is 10.1. The lowest BCUT2D eigenvalue weighted by Crippen LogP contribution is -2.13. The molecule has 0 aliphatic heterocycles. The number of fused-ring (bicyclic) bond motifs is 1. The topological polar surface area (TPSA) is 54.9 Å². The highest BCUT2D eigenvalue weighted by atomic mass is 32.1. The van der Waals surface area contributed by atoms with Crippen LogP contribution in [-0.4, -0.2) is 15.9 Å². The van der Waals surface area contributed by atoms with Crippen LogP contribution in [0.25, 0.3) is 22.2 Å². The number of benzene rings is 2. The number of carbonyl (C=O) groups excluding carboxylic acids is 1. The predicted molar refractivity (Wildman–Crippen MR) is 107 cm³/mol. The molecule has 0 aliphatic carbocycles. The maximum absolute atomic E-state index is 13.1. The Morgan fingerprint density at radius 3 is 2.56 bits per heavy atom. The first-order valence-electron chi connectivity index (χ1n) is 8.42. The van der Waals surface area contributed by atoms with Gasteiger partial charge in [0.2, 0.25) is 0 Å². The van der Waals surface area contributed by atoms with E-state index in [4.69, 9.17) is 0 Å². The van der Waals surface area contributed by atoms with Gasteiger partial charge in [-0.15, -0.1) is 11.3 Å². The Bertz CT molecular complexity index is 1150. The van der Waals surface area contributed by atoms with Crippen molar-refractivity contribution in [3.63, 3.8) is 0 Å². The third kappa shape index (κ3) is 3.44. The Morgan fingerprint density at radius 1 is 1.04 bits per heavy atom. The average Bonchev–Trinajstić information content (AvgIpc) is 3.01. The zero-order chi connectivity index (χ0) is 19.0. The maximum atomic E-state index is 13.1. The van der Waals surface area contributed by atoms with Gasteiger partial charge in [0, 0.05) is 21.5 Å². The Balaban J connectivity index is 1.66. The van der Waals surface area contributed by atoms with E-state index in [-0.39, 0.29) is 11.7 Å². The van der Waals surface area contributed by atoms with Crippen molar-refractivity contribution in [2.24, 2.45) is 0 Å². The molecule has 2 aromatic carbocycles. The predicted octanol–water partition coefficient (Wildman–Crippen LogP) is 5.37. The molecule has 0 saturated heterocycles. The van der Waals surface area contributed by atoms with Crippen LogP contribution in [-0.2, 0) is 0 Å². The molecule has 4 nitrogen and oxygen atoms in total. The first-order chi connectivity index (χ1) is 13.0. The molecule has 0 bridgehead atoms. The number of halogens is 1. The van der Waals surface area contributed by atoms with Gasteiger partial charge in [-0.3, -0.25) is 15.1 Å². The molecule has 0 saturated carbocycles. The standard InChI is InChI=1S/C21H16FN3OS/c1-12-11-17(16-5-3-4-6-18(16)23-12)20(26)25-21-24-19(13(2)27-21)14-7-9-15(22)10-8-14/h3-11H,1-2H3,(H,24,25,26). The first kappa shape index (κ1) is 17.3. The number of carbonyl (C=O) groups is 1. The molecule has 0 fully saturated rings. The smallest absolute Gasteiger partial charge is 0.258 e. The molecule has 1 amide bonds. The van der Waals surface area contributed by atoms with Crippen molar-refractivity contribution in [3.05, 3.63) is 76.5 Å². The number of nitrogens with one attached hydrogen (secondary N) is 1. The summed E-state index contributed by atoms with van der Waals surface area (Å²) in [6.07, 6.45) is 0. The van der Waals surface area contributed by atoms with Crippen molar-refractivity contribution in [2.75, 3.05) is 5.32 Å². The number of amides is 1. The van der Waals surface area contributed by atoms with Gasteiger partial charge in [0.1, 0.15) is 5.82 Å². The van der Waals surface area contributed by atoms with Crippen LogP contribution < -0.4 is 5.32 Å². The highest BCUT2D eigenvalue weighted by molar-refractivity contribution is 7.16. The minimum atomic E-state index is -0.292. The minimum absolute atomic E-state index is 0.226. The van der Waals surface area contributed by atoms with E-state index in [9.17, 15) is 9.18 Å². The molecular formula is C21H16FN3OS. The molecule has 0 unspecified atom stereocenters. The fraction of sp³-hybridized carbons (Fsp3) is 0.0952. The summed E-state index contributed by atoms with van der Waals surface area (Å²) in [5, 5.41) is 4.19. The monoisotopic (exact) mass is 377 g/mol. The van der Waals surface area contributed by atoms with Gasteiger partial charge < -0.3 is 0 Å². The van der Waals surface area contributed by atoms with Crippen LogP contribution >= 0.6 is 11.3 Å². The number of pyridine rings is 1. The summed E-state index contributed by atoms with van der Waals surface area (Å²) < 4.78 is 13.1. The first-order valence-corrected chi connectivity index (χ1v) is 9.24. The summed E-state index contributed by atoms with van der Waals surface area (Å²) in [5.74, 6) is -0.517. The summed E-state index contributed by atoms with van der Waals surface area (Å²) in [5.41, 5.74) is 3.68. The number of rotatable bonds is 3. The SMILES string of the molecule is Cc1cc(C(=O)Nc2nc(-c3ccc(F)cc3)c(C)s2)c2ccccc2n1. The van der Waals surface area contributed by atoms with Gasteiger partial charge in [0.05, 0.1) is 16.8 Å². The third-order valence-corrected chi connectivity index (χ3v) is 5.11. The van der Waals surface area contributed by atoms with Crippen LogP contribution in [0, 0.1) is 19.7 Å². The second-order valence-electron chi connectivity index (χ2n) is 6.21. The molecule has 0 atom stereocenters. The Hall–Kier alpha value is -3.12. The van der Waals surface area contributed by atoms with E-state index in [1.165, 1.54) is 23.5 Å². The van der Waals surface area contributed by atoms with Gasteiger partial charge in [-0.05, 0) is 50.2 Å². The van der Waals surface area contributed by atoms with E-state index < -0.39 is 0 Å². The molecular weight excluding hydrogens is 361 g/mol. The fourth-order valence-electron chi connectivity index (χ4n) is 2.99. The number of thiazole rings is 1. The molecule has 4 aromatic rings. The van der Waals surface area contributed by atoms with Crippen LogP contribution in [0.15, 0.2) is 54.6 Å². The zero-order valence-electron chi connectivity index (χ0n) is 14.8. The van der Waals surface area contributed by atoms with Crippen molar-refractivity contribution in [2.45, 2.75) is 13.8 Å². The number of hydrogen-bond donors (Lipinski definition) is 1. The van der Waals surface area contributed by atoms with Crippen LogP contribution in [0.4, 0.5) is 9.52 Å². The number of nitrogens with zero attached hydrogens (tertiary/aromatic N) is 2. The van der Waals surface area contributed by atoms with E-state index in [0.717, 1.165) is 32.7 Å². The number of hydrogen-bond acceptors (Lipinski definition) is 4. The van der Waals surface area contributed by atoms with Crippen molar-refractivity contribution in [1.29, 1.82) is 0 Å². The fourth-order valence-corrected chi connectivity index (χ4v) is 3.82. The number of aryl methyl sites for hydroxylation is 2. The molecule has 4 rings (SSSR count). The highest BCUT2D eigenvalue weighted by Gasteiger charge is 2.16. The maximum Gasteiger partial charge on any atom is 0.258 e. The minimum Gasteiger partial charge on any atom is -0.298 e. The third-order valence-electron chi connectivity index (χ3n) is 4.22. The van der Waals surface area contributed by atoms with E-state index in [1.807, 2.05) is 38.1 Å². The van der Waals surface area contributed by atoms with Gasteiger partial charge in [-0.25, -0.2) is 9.37 Å². The summed E-state index contributed by atoms with van der Waals surface area (Å²) in [4.78, 5) is 22.8. The van der Waals surface area contributed by atoms with Crippen molar-refractivity contribution in [3.8, 4) is 11.3 Å². The Labute approximate surface area is 159 Å². The zero-order valence-corrected chi connectivity index (χ0v) is 15.6. The van der Waals surface area contributed by atoms with Gasteiger partial charge in [0.15, 0.2) is 5.13 Å². The summed E-state index contributed by atoms with van der Waals surface area (Å²) in [6.45, 7) is 3.79. The van der Waals surface area contributed by atoms with Crippen molar-refractivity contribution in [1.82, 2.24) is 9.97 Å². The molecule has 27 heavy (non-hydrogen) atoms. The largest absolute Gasteiger partial charge is 0.298 e. The van der Waals surface area contributed by atoms with Gasteiger partial charge in [0.25, 0.3) is 5.91 Å². The van der Waals surface area contributed by atoms with E-state index in [0.29, 0.717) is 10.7 Å². The quantitative estimate of drug-likeness (QED) is 0.522. The molecule has 134 valence electrons. The van der Waals surface area contributed by atoms with Gasteiger partial charge in [-0.2, -0.15) is 0 Å². The number of aromatic nitrogens is 2. The van der Waals surface area contributed by atoms with Crippen LogP contribution in [0.3, 0.4) is 0 Å². The second kappa shape index (κ2) is 6.89. The molecule has 2 heterocycles. The van der Waals surface area contributed by atoms with Crippen molar-refractivity contribution < 1.29 is 9.18 Å². The van der Waals surface area contributed by atoms with Gasteiger partial charge >= 0.3 is 0 Å². The summed E-state index contributed by atoms with van der Waals surface area (Å²) in [7, 11) is 0. The lowest BCUT2D eigenvalue weighted by Gasteiger charge is -2.07. The highest BCUT2D eigenvalue weighted by Crippen LogP contribution is 2.31. The number of anilines is 1. The molecule has 0 spiro atoms. The molecule has 0 radical (unpaired) electrons. The van der Waals surface area contributed by atoms with E-state index in [2.05, 4.69) is 15.3 Å². The lowest BCUT2D eigenvalue weighted by molar-refractivity contribution is 0.102. The summed E-state index contributed by atoms with van der Waals surface area (Å²) in [6, 6.07) is 15.5.